The van der Waals surface area contributed by atoms with Gasteiger partial charge in [-0.05, 0) is 155 Å². The second-order valence-corrected chi connectivity index (χ2v) is 19.4. The van der Waals surface area contributed by atoms with E-state index in [2.05, 4.69) is 244 Å². The number of fused-ring (bicyclic) bond motifs is 6. The van der Waals surface area contributed by atoms with Crippen LogP contribution in [0.3, 0.4) is 0 Å². The number of benzene rings is 12. The monoisotopic (exact) mass is 924 g/mol. The van der Waals surface area contributed by atoms with Crippen molar-refractivity contribution in [1.82, 2.24) is 0 Å². The number of nitrogens with zero attached hydrogens (tertiary/aromatic N) is 2. The maximum atomic E-state index is 6.55. The second-order valence-electron chi connectivity index (χ2n) is 19.4. The van der Waals surface area contributed by atoms with Crippen molar-refractivity contribution in [2.45, 2.75) is 27.7 Å². The first kappa shape index (κ1) is 41.8. The fraction of sp³-hybridized carbons (Fsp3) is 0.0588. The maximum absolute atomic E-state index is 6.55. The summed E-state index contributed by atoms with van der Waals surface area (Å²) < 4.78 is 13.1. The number of hydrogen-bond acceptors (Lipinski definition) is 4. The van der Waals surface area contributed by atoms with Crippen molar-refractivity contribution in [1.29, 1.82) is 0 Å². The first-order valence-corrected chi connectivity index (χ1v) is 24.8. The molecule has 0 unspecified atom stereocenters. The molecule has 12 aromatic carbocycles. The van der Waals surface area contributed by atoms with Crippen LogP contribution in [0.25, 0.3) is 98.4 Å². The molecule has 0 saturated carbocycles. The average molecular weight is 925 g/mol. The molecule has 4 heteroatoms. The molecule has 342 valence electrons. The molecule has 0 aliphatic carbocycles. The summed E-state index contributed by atoms with van der Waals surface area (Å²) in [6.45, 7) is 8.99. The zero-order chi connectivity index (χ0) is 48.2. The van der Waals surface area contributed by atoms with E-state index in [1.165, 1.54) is 65.9 Å². The molecule has 0 N–H and O–H groups in total. The minimum Gasteiger partial charge on any atom is -0.455 e. The summed E-state index contributed by atoms with van der Waals surface area (Å²) in [6, 6.07) is 79.1. The average Bonchev–Trinajstić information content (AvgIpc) is 4.00. The Morgan fingerprint density at radius 3 is 1.08 bits per heavy atom. The lowest BCUT2D eigenvalue weighted by atomic mass is 9.91. The normalized spacial score (nSPS) is 11.9. The molecule has 14 rings (SSSR count). The summed E-state index contributed by atoms with van der Waals surface area (Å²) in [4.78, 5) is 4.94. The molecule has 0 amide bonds. The van der Waals surface area contributed by atoms with Gasteiger partial charge in [-0.25, -0.2) is 0 Å². The van der Waals surface area contributed by atoms with Gasteiger partial charge in [-0.3, -0.25) is 0 Å². The molecule has 2 heterocycles. The van der Waals surface area contributed by atoms with Gasteiger partial charge in [-0.15, -0.1) is 0 Å². The number of hydrogen-bond donors (Lipinski definition) is 0. The van der Waals surface area contributed by atoms with E-state index in [1.807, 2.05) is 12.1 Å². The smallest absolute Gasteiger partial charge is 0.143 e. The molecule has 0 bridgehead atoms. The topological polar surface area (TPSA) is 32.8 Å². The molecule has 0 radical (unpaired) electrons. The summed E-state index contributed by atoms with van der Waals surface area (Å²) in [6.07, 6.45) is 0. The van der Waals surface area contributed by atoms with Crippen molar-refractivity contribution in [3.8, 4) is 22.3 Å². The fourth-order valence-electron chi connectivity index (χ4n) is 12.0. The van der Waals surface area contributed by atoms with E-state index in [9.17, 15) is 0 Å². The third kappa shape index (κ3) is 6.39. The third-order valence-electron chi connectivity index (χ3n) is 15.0. The van der Waals surface area contributed by atoms with E-state index in [4.69, 9.17) is 8.83 Å². The van der Waals surface area contributed by atoms with Crippen molar-refractivity contribution in [3.63, 3.8) is 0 Å². The molecule has 4 nitrogen and oxygen atoms in total. The van der Waals surface area contributed by atoms with Crippen LogP contribution >= 0.6 is 0 Å². The van der Waals surface area contributed by atoms with Gasteiger partial charge in [0.1, 0.15) is 22.3 Å². The van der Waals surface area contributed by atoms with Gasteiger partial charge in [-0.2, -0.15) is 0 Å². The van der Waals surface area contributed by atoms with Crippen molar-refractivity contribution in [2.24, 2.45) is 0 Å². The van der Waals surface area contributed by atoms with E-state index in [-0.39, 0.29) is 0 Å². The Hall–Kier alpha value is -9.12. The largest absolute Gasteiger partial charge is 0.455 e. The van der Waals surface area contributed by atoms with E-state index in [0.717, 1.165) is 88.9 Å². The van der Waals surface area contributed by atoms with Gasteiger partial charge < -0.3 is 18.6 Å². The molecule has 0 aliphatic rings. The Bertz CT molecular complexity index is 4120. The number of anilines is 6. The third-order valence-corrected chi connectivity index (χ3v) is 15.0. The SMILES string of the molecule is Cc1cc(-c2cccc3c2oc2ccccc23)cc(C)c1N(c1ccccc1)c1ccc2ccc3c(N(c4ccccc4)c4c(C)cc(-c5cccc6c5oc5ccccc56)cc4C)ccc4ccc1c2c43. The van der Waals surface area contributed by atoms with E-state index < -0.39 is 0 Å². The number of para-hydroxylation sites is 6. The molecule has 2 aromatic heterocycles. The van der Waals surface area contributed by atoms with Gasteiger partial charge in [0.15, 0.2) is 0 Å². The number of rotatable bonds is 8. The zero-order valence-corrected chi connectivity index (χ0v) is 40.5. The van der Waals surface area contributed by atoms with Crippen LogP contribution in [0.2, 0.25) is 0 Å². The van der Waals surface area contributed by atoms with Gasteiger partial charge in [0, 0.05) is 54.8 Å². The Morgan fingerprint density at radius 1 is 0.306 bits per heavy atom. The minimum absolute atomic E-state index is 0.905. The lowest BCUT2D eigenvalue weighted by Gasteiger charge is -2.32. The van der Waals surface area contributed by atoms with Crippen LogP contribution < -0.4 is 9.80 Å². The van der Waals surface area contributed by atoms with E-state index >= 15 is 0 Å². The first-order chi connectivity index (χ1) is 35.4. The molecular weight excluding hydrogens is 877 g/mol. The molecule has 14 aromatic rings. The Kier molecular flexibility index (Phi) is 9.43. The molecule has 0 atom stereocenters. The van der Waals surface area contributed by atoms with Gasteiger partial charge in [-0.1, -0.05) is 146 Å². The summed E-state index contributed by atoms with van der Waals surface area (Å²) >= 11 is 0. The minimum atomic E-state index is 0.905. The summed E-state index contributed by atoms with van der Waals surface area (Å²) in [7, 11) is 0. The van der Waals surface area contributed by atoms with Crippen LogP contribution in [0, 0.1) is 27.7 Å². The van der Waals surface area contributed by atoms with Crippen LogP contribution in [0.15, 0.2) is 227 Å². The maximum Gasteiger partial charge on any atom is 0.143 e. The molecule has 0 aliphatic heterocycles. The van der Waals surface area contributed by atoms with Crippen molar-refractivity contribution in [2.75, 3.05) is 9.80 Å². The van der Waals surface area contributed by atoms with Crippen molar-refractivity contribution < 1.29 is 8.83 Å². The second kappa shape index (κ2) is 16.2. The predicted octanol–water partition coefficient (Wildman–Crippen LogP) is 19.9. The van der Waals surface area contributed by atoms with Crippen LogP contribution in [-0.2, 0) is 0 Å². The van der Waals surface area contributed by atoms with Gasteiger partial charge in [0.05, 0.1) is 22.7 Å². The molecule has 0 spiro atoms. The fourth-order valence-corrected chi connectivity index (χ4v) is 12.0. The standard InChI is InChI=1S/C68H48N2O2/c1-41-37-47(51-23-15-25-55-53-21-11-13-27-61(53)71-67(51)55)38-42(2)65(41)69(49-17-7-5-8-18-49)59-35-31-45-30-34-58-60(36-32-46-29-33-57(59)63(45)64(46)58)70(50-19-9-6-10-20-50)66-43(3)39-48(40-44(66)4)52-24-16-26-56-54-22-12-14-28-62(54)72-68(52)56/h5-40H,1-4H3. The number of aryl methyl sites for hydroxylation is 4. The van der Waals surface area contributed by atoms with Crippen LogP contribution in [0.5, 0.6) is 0 Å². The molecule has 0 saturated heterocycles. The van der Waals surface area contributed by atoms with Gasteiger partial charge in [0.2, 0.25) is 0 Å². The lowest BCUT2D eigenvalue weighted by molar-refractivity contribution is 0.669. The van der Waals surface area contributed by atoms with Gasteiger partial charge in [0.25, 0.3) is 0 Å². The first-order valence-electron chi connectivity index (χ1n) is 24.8. The van der Waals surface area contributed by atoms with E-state index in [1.54, 1.807) is 0 Å². The highest BCUT2D eigenvalue weighted by molar-refractivity contribution is 6.28. The molecular formula is C68H48N2O2. The van der Waals surface area contributed by atoms with Gasteiger partial charge >= 0.3 is 0 Å². The highest BCUT2D eigenvalue weighted by Crippen LogP contribution is 2.50. The quantitative estimate of drug-likeness (QED) is 0.142. The van der Waals surface area contributed by atoms with Crippen LogP contribution in [0.4, 0.5) is 34.1 Å². The predicted molar refractivity (Wildman–Crippen MR) is 304 cm³/mol. The molecule has 0 fully saturated rings. The van der Waals surface area contributed by atoms with Crippen LogP contribution in [0.1, 0.15) is 22.3 Å². The highest BCUT2D eigenvalue weighted by atomic mass is 16.3. The summed E-state index contributed by atoms with van der Waals surface area (Å²) in [5.41, 5.74) is 19.6. The summed E-state index contributed by atoms with van der Waals surface area (Å²) in [5.74, 6) is 0. The Balaban J connectivity index is 0.940. The van der Waals surface area contributed by atoms with Crippen molar-refractivity contribution >= 4 is 110 Å². The van der Waals surface area contributed by atoms with Crippen molar-refractivity contribution in [3.05, 3.63) is 241 Å². The highest BCUT2D eigenvalue weighted by Gasteiger charge is 2.26. The zero-order valence-electron chi connectivity index (χ0n) is 40.5. The van der Waals surface area contributed by atoms with Crippen LogP contribution in [-0.4, -0.2) is 0 Å². The Morgan fingerprint density at radius 2 is 0.667 bits per heavy atom. The van der Waals surface area contributed by atoms with E-state index in [0.29, 0.717) is 0 Å². The number of furan rings is 2. The Labute approximate surface area is 417 Å². The lowest BCUT2D eigenvalue weighted by Crippen LogP contribution is -2.14. The summed E-state index contributed by atoms with van der Waals surface area (Å²) in [5, 5.41) is 11.9. The molecule has 72 heavy (non-hydrogen) atoms.